The van der Waals surface area contributed by atoms with Gasteiger partial charge in [0.25, 0.3) is 0 Å². The summed E-state index contributed by atoms with van der Waals surface area (Å²) < 4.78 is 0. The first-order chi connectivity index (χ1) is 13.1. The molecule has 132 valence electrons. The van der Waals surface area contributed by atoms with Crippen LogP contribution in [-0.4, -0.2) is 15.0 Å². The molecule has 0 radical (unpaired) electrons. The summed E-state index contributed by atoms with van der Waals surface area (Å²) in [6.45, 7) is 6.09. The molecule has 0 atom stereocenters. The molecule has 27 heavy (non-hydrogen) atoms. The number of fused-ring (bicyclic) bond motifs is 3. The highest BCUT2D eigenvalue weighted by Gasteiger charge is 1.95. The van der Waals surface area contributed by atoms with Crippen molar-refractivity contribution in [2.24, 2.45) is 0 Å². The zero-order valence-corrected chi connectivity index (χ0v) is 15.8. The highest BCUT2D eigenvalue weighted by molar-refractivity contribution is 5.68. The van der Waals surface area contributed by atoms with Crippen molar-refractivity contribution in [2.45, 2.75) is 20.8 Å². The third-order valence-corrected chi connectivity index (χ3v) is 4.75. The van der Waals surface area contributed by atoms with E-state index < -0.39 is 0 Å². The minimum atomic E-state index is 0.937. The number of aryl methyl sites for hydroxylation is 3. The second-order valence-corrected chi connectivity index (χ2v) is 6.73. The molecule has 3 heteroatoms. The van der Waals surface area contributed by atoms with E-state index in [1.807, 2.05) is 57.2 Å². The molecule has 7 aromatic rings. The fourth-order valence-electron chi connectivity index (χ4n) is 3.11. The lowest BCUT2D eigenvalue weighted by Gasteiger charge is -1.98. The van der Waals surface area contributed by atoms with Gasteiger partial charge in [-0.3, -0.25) is 15.0 Å². The maximum absolute atomic E-state index is 4.74. The third-order valence-electron chi connectivity index (χ3n) is 4.75. The lowest BCUT2D eigenvalue weighted by atomic mass is 10.2. The van der Waals surface area contributed by atoms with Crippen molar-refractivity contribution in [3.8, 4) is 0 Å². The summed E-state index contributed by atoms with van der Waals surface area (Å²) in [5.74, 6) is 0. The molecule has 4 heterocycles. The zero-order chi connectivity index (χ0) is 18.8. The Labute approximate surface area is 158 Å². The lowest BCUT2D eigenvalue weighted by Crippen LogP contribution is -1.84. The Balaban J connectivity index is 2.09. The van der Waals surface area contributed by atoms with Gasteiger partial charge in [0.2, 0.25) is 0 Å². The average Bonchev–Trinajstić information content (AvgIpc) is 2.69. The van der Waals surface area contributed by atoms with Crippen LogP contribution in [0.1, 0.15) is 17.1 Å². The fourth-order valence-corrected chi connectivity index (χ4v) is 3.11. The van der Waals surface area contributed by atoms with E-state index in [9.17, 15) is 0 Å². The number of benzene rings is 3. The van der Waals surface area contributed by atoms with Gasteiger partial charge in [0.15, 0.2) is 0 Å². The molecule has 7 rings (SSSR count). The van der Waals surface area contributed by atoms with Crippen LogP contribution in [0.25, 0.3) is 32.7 Å². The molecule has 0 amide bonds. The van der Waals surface area contributed by atoms with Gasteiger partial charge in [-0.15, -0.1) is 0 Å². The van der Waals surface area contributed by atoms with Gasteiger partial charge in [-0.1, -0.05) is 36.4 Å². The predicted octanol–water partition coefficient (Wildman–Crippen LogP) is 5.94. The largest absolute Gasteiger partial charge is 0.253 e. The van der Waals surface area contributed by atoms with Crippen molar-refractivity contribution in [1.29, 1.82) is 0 Å². The molecule has 0 spiro atoms. The summed E-state index contributed by atoms with van der Waals surface area (Å²) >= 11 is 0. The van der Waals surface area contributed by atoms with Crippen LogP contribution < -0.4 is 0 Å². The normalized spacial score (nSPS) is 10.8. The van der Waals surface area contributed by atoms with Gasteiger partial charge in [-0.05, 0) is 73.3 Å². The Morgan fingerprint density at radius 3 is 0.815 bits per heavy atom. The molecule has 3 nitrogen and oxygen atoms in total. The third kappa shape index (κ3) is 3.77. The molecule has 0 unspecified atom stereocenters. The first-order valence-electron chi connectivity index (χ1n) is 9.06. The van der Waals surface area contributed by atoms with Gasteiger partial charge < -0.3 is 0 Å². The molecular weight excluding hydrogens is 330 g/mol. The molecule has 0 saturated carbocycles. The number of hydrogen-bond donors (Lipinski definition) is 0. The van der Waals surface area contributed by atoms with Gasteiger partial charge >= 0.3 is 0 Å². The molecule has 0 fully saturated rings. The Bertz CT molecular complexity index is 1040. The second kappa shape index (κ2) is 7.12. The van der Waals surface area contributed by atoms with Crippen molar-refractivity contribution in [3.05, 3.63) is 89.9 Å². The van der Waals surface area contributed by atoms with Crippen molar-refractivity contribution in [1.82, 2.24) is 15.0 Å². The molecule has 6 bridgehead atoms. The Kier molecular flexibility index (Phi) is 4.51. The number of hydrogen-bond acceptors (Lipinski definition) is 3. The van der Waals surface area contributed by atoms with Gasteiger partial charge in [-0.2, -0.15) is 0 Å². The second-order valence-electron chi connectivity index (χ2n) is 6.73. The fraction of sp³-hybridized carbons (Fsp3) is 0.125. The van der Waals surface area contributed by atoms with E-state index in [0.29, 0.717) is 0 Å². The molecular formula is C24H21N3. The Morgan fingerprint density at radius 2 is 0.593 bits per heavy atom. The summed E-state index contributed by atoms with van der Waals surface area (Å²) in [6.07, 6.45) is 0. The van der Waals surface area contributed by atoms with Gasteiger partial charge in [0, 0.05) is 17.1 Å². The van der Waals surface area contributed by atoms with Crippen LogP contribution in [0.4, 0.5) is 0 Å². The zero-order valence-electron chi connectivity index (χ0n) is 15.8. The van der Waals surface area contributed by atoms with Crippen molar-refractivity contribution in [3.63, 3.8) is 0 Å². The summed E-state index contributed by atoms with van der Waals surface area (Å²) in [5, 5.41) is 3.29. The van der Waals surface area contributed by atoms with Gasteiger partial charge in [-0.25, -0.2) is 0 Å². The summed E-state index contributed by atoms with van der Waals surface area (Å²) in [4.78, 5) is 14.2. The molecule has 4 aromatic heterocycles. The number of rotatable bonds is 0. The van der Waals surface area contributed by atoms with E-state index in [2.05, 4.69) is 36.4 Å². The average molecular weight is 351 g/mol. The van der Waals surface area contributed by atoms with Crippen molar-refractivity contribution < 1.29 is 0 Å². The molecule has 3 aromatic carbocycles. The van der Waals surface area contributed by atoms with Crippen LogP contribution in [0.15, 0.2) is 72.8 Å². The van der Waals surface area contributed by atoms with Crippen LogP contribution in [0.5, 0.6) is 0 Å². The van der Waals surface area contributed by atoms with Crippen LogP contribution in [0.2, 0.25) is 0 Å². The van der Waals surface area contributed by atoms with Crippen LogP contribution >= 0.6 is 0 Å². The summed E-state index contributed by atoms with van der Waals surface area (Å²) in [6, 6.07) is 24.6. The number of nitrogens with zero attached hydrogens (tertiary/aromatic N) is 3. The lowest BCUT2D eigenvalue weighted by molar-refractivity contribution is 1.26. The van der Waals surface area contributed by atoms with E-state index >= 15 is 0 Å². The predicted molar refractivity (Wildman–Crippen MR) is 113 cm³/mol. The van der Waals surface area contributed by atoms with E-state index in [1.54, 1.807) is 0 Å². The smallest absolute Gasteiger partial charge is 0.0633 e. The topological polar surface area (TPSA) is 38.7 Å². The van der Waals surface area contributed by atoms with Crippen molar-refractivity contribution >= 4 is 32.7 Å². The van der Waals surface area contributed by atoms with Crippen LogP contribution in [-0.2, 0) is 0 Å². The standard InChI is InChI=1S/C24H21N3/c1-16-19-4-10-23(11-5-19)26-18(3)21-8-14-24(15-9-21)27-17(2)20-6-12-22(25-16)13-7-20/h4-15H,1-3H3. The SMILES string of the molecule is Cc1nc2ccc(cc2)c(C)nc2ccc(cc2)c(C)nc2ccc1cc2. The van der Waals surface area contributed by atoms with E-state index in [-0.39, 0.29) is 0 Å². The maximum Gasteiger partial charge on any atom is 0.0633 e. The Hall–Kier alpha value is -3.33. The molecule has 0 aliphatic rings. The summed E-state index contributed by atoms with van der Waals surface area (Å²) in [7, 11) is 0. The molecule has 0 N–H and O–H groups in total. The highest BCUT2D eigenvalue weighted by atomic mass is 14.7. The van der Waals surface area contributed by atoms with E-state index in [1.165, 1.54) is 0 Å². The van der Waals surface area contributed by atoms with Crippen molar-refractivity contribution in [2.75, 3.05) is 0 Å². The monoisotopic (exact) mass is 351 g/mol. The highest BCUT2D eigenvalue weighted by Crippen LogP contribution is 2.13. The van der Waals surface area contributed by atoms with Gasteiger partial charge in [0.1, 0.15) is 0 Å². The minimum absolute atomic E-state index is 0.937. The summed E-state index contributed by atoms with van der Waals surface area (Å²) in [5.41, 5.74) is 5.76. The molecule has 0 aliphatic heterocycles. The molecule has 0 saturated heterocycles. The minimum Gasteiger partial charge on any atom is -0.253 e. The first kappa shape index (κ1) is 17.1. The van der Waals surface area contributed by atoms with E-state index in [0.717, 1.165) is 49.8 Å². The Morgan fingerprint density at radius 1 is 0.370 bits per heavy atom. The maximum atomic E-state index is 4.74. The first-order valence-corrected chi connectivity index (χ1v) is 9.06. The molecule has 0 aliphatic carbocycles. The quantitative estimate of drug-likeness (QED) is 0.393. The van der Waals surface area contributed by atoms with Gasteiger partial charge in [0.05, 0.1) is 16.6 Å². The van der Waals surface area contributed by atoms with Crippen LogP contribution in [0.3, 0.4) is 0 Å². The van der Waals surface area contributed by atoms with Crippen LogP contribution in [0, 0.1) is 20.8 Å². The van der Waals surface area contributed by atoms with E-state index in [4.69, 9.17) is 15.0 Å². The number of aromatic nitrogens is 3.